The third kappa shape index (κ3) is 4.87. The van der Waals surface area contributed by atoms with Crippen LogP contribution in [0, 0.1) is 5.92 Å². The SMILES string of the molecule is CCC1CC(=Nc2ccc(C3(C(=O)OC)CCC3)cc2)C=C(c2ccccc2)N=C1N1CCOCC1. The molecule has 1 unspecified atom stereocenters. The molecule has 188 valence electrons. The molecule has 1 aliphatic carbocycles. The summed E-state index contributed by atoms with van der Waals surface area (Å²) in [5.41, 5.74) is 4.48. The first kappa shape index (κ1) is 24.4. The number of benzene rings is 2. The summed E-state index contributed by atoms with van der Waals surface area (Å²) in [5, 5.41) is 0. The zero-order chi connectivity index (χ0) is 25.0. The van der Waals surface area contributed by atoms with Gasteiger partial charge in [0.1, 0.15) is 5.84 Å². The van der Waals surface area contributed by atoms with Gasteiger partial charge in [-0.15, -0.1) is 0 Å². The minimum absolute atomic E-state index is 0.134. The molecular weight excluding hydrogens is 450 g/mol. The summed E-state index contributed by atoms with van der Waals surface area (Å²) in [4.78, 5) is 25.2. The standard InChI is InChI=1S/C30H35N3O3/c1-3-22-20-26(31-25-12-10-24(11-13-25)30(14-7-15-30)29(34)35-2)21-27(23-8-5-4-6-9-23)32-28(22)33-16-18-36-19-17-33/h4-6,8-13,21-22H,3,7,14-20H2,1-2H3. The molecule has 2 aromatic rings. The molecule has 0 amide bonds. The van der Waals surface area contributed by atoms with E-state index in [2.05, 4.69) is 42.2 Å². The third-order valence-electron chi connectivity index (χ3n) is 7.73. The van der Waals surface area contributed by atoms with Crippen molar-refractivity contribution in [3.8, 4) is 0 Å². The van der Waals surface area contributed by atoms with Gasteiger partial charge in [0.15, 0.2) is 0 Å². The van der Waals surface area contributed by atoms with E-state index in [0.29, 0.717) is 0 Å². The van der Waals surface area contributed by atoms with Gasteiger partial charge < -0.3 is 14.4 Å². The van der Waals surface area contributed by atoms with Crippen LogP contribution in [-0.2, 0) is 19.7 Å². The molecule has 5 rings (SSSR count). The molecule has 36 heavy (non-hydrogen) atoms. The van der Waals surface area contributed by atoms with Crippen molar-refractivity contribution >= 4 is 28.9 Å². The molecule has 6 heteroatoms. The maximum absolute atomic E-state index is 12.5. The first-order chi connectivity index (χ1) is 17.6. The zero-order valence-electron chi connectivity index (χ0n) is 21.3. The molecule has 2 aromatic carbocycles. The van der Waals surface area contributed by atoms with Gasteiger partial charge in [-0.3, -0.25) is 9.79 Å². The Morgan fingerprint density at radius 2 is 1.83 bits per heavy atom. The van der Waals surface area contributed by atoms with Crippen LogP contribution in [0.3, 0.4) is 0 Å². The normalized spacial score (nSPS) is 22.8. The summed E-state index contributed by atoms with van der Waals surface area (Å²) in [5.74, 6) is 1.29. The number of ether oxygens (including phenoxy) is 2. The van der Waals surface area contributed by atoms with Gasteiger partial charge in [0.25, 0.3) is 0 Å². The van der Waals surface area contributed by atoms with Gasteiger partial charge in [0, 0.05) is 30.3 Å². The molecule has 2 fully saturated rings. The molecule has 0 spiro atoms. The van der Waals surface area contributed by atoms with Crippen LogP contribution in [0.15, 0.2) is 70.7 Å². The minimum Gasteiger partial charge on any atom is -0.468 e. The first-order valence-corrected chi connectivity index (χ1v) is 13.1. The molecule has 2 aliphatic heterocycles. The maximum Gasteiger partial charge on any atom is 0.316 e. The van der Waals surface area contributed by atoms with E-state index in [9.17, 15) is 4.79 Å². The summed E-state index contributed by atoms with van der Waals surface area (Å²) < 4.78 is 10.7. The van der Waals surface area contributed by atoms with Crippen LogP contribution in [0.4, 0.5) is 5.69 Å². The zero-order valence-corrected chi connectivity index (χ0v) is 21.3. The van der Waals surface area contributed by atoms with Crippen LogP contribution < -0.4 is 0 Å². The maximum atomic E-state index is 12.5. The Hall–Kier alpha value is -3.25. The van der Waals surface area contributed by atoms with E-state index < -0.39 is 5.41 Å². The number of esters is 1. The number of morpholine rings is 1. The highest BCUT2D eigenvalue weighted by molar-refractivity contribution is 6.08. The third-order valence-corrected chi connectivity index (χ3v) is 7.73. The van der Waals surface area contributed by atoms with E-state index in [4.69, 9.17) is 19.5 Å². The second-order valence-corrected chi connectivity index (χ2v) is 9.85. The molecule has 0 aromatic heterocycles. The van der Waals surface area contributed by atoms with Crippen molar-refractivity contribution in [3.63, 3.8) is 0 Å². The average Bonchev–Trinajstić information content (AvgIpc) is 3.09. The van der Waals surface area contributed by atoms with E-state index in [0.717, 1.165) is 92.5 Å². The number of allylic oxidation sites excluding steroid dienone is 1. The Morgan fingerprint density at radius 3 is 2.44 bits per heavy atom. The molecule has 0 N–H and O–H groups in total. The van der Waals surface area contributed by atoms with Crippen molar-refractivity contribution in [1.82, 2.24) is 4.90 Å². The molecule has 3 aliphatic rings. The smallest absolute Gasteiger partial charge is 0.316 e. The summed E-state index contributed by atoms with van der Waals surface area (Å²) in [6.45, 7) is 5.44. The Morgan fingerprint density at radius 1 is 1.11 bits per heavy atom. The molecule has 0 radical (unpaired) electrons. The highest BCUT2D eigenvalue weighted by Gasteiger charge is 2.46. The van der Waals surface area contributed by atoms with Gasteiger partial charge >= 0.3 is 5.97 Å². The van der Waals surface area contributed by atoms with Crippen molar-refractivity contribution in [2.24, 2.45) is 15.9 Å². The number of amidine groups is 1. The average molecular weight is 486 g/mol. The number of hydrogen-bond acceptors (Lipinski definition) is 6. The Balaban J connectivity index is 1.48. The van der Waals surface area contributed by atoms with Gasteiger partial charge in [-0.2, -0.15) is 0 Å². The number of nitrogens with zero attached hydrogens (tertiary/aromatic N) is 3. The fraction of sp³-hybridized carbons (Fsp3) is 0.433. The topological polar surface area (TPSA) is 63.5 Å². The fourth-order valence-corrected chi connectivity index (χ4v) is 5.45. The monoisotopic (exact) mass is 485 g/mol. The quantitative estimate of drug-likeness (QED) is 0.521. The lowest BCUT2D eigenvalue weighted by molar-refractivity contribution is -0.151. The summed E-state index contributed by atoms with van der Waals surface area (Å²) in [6.07, 6.45) is 6.70. The fourth-order valence-electron chi connectivity index (χ4n) is 5.45. The highest BCUT2D eigenvalue weighted by atomic mass is 16.5. The van der Waals surface area contributed by atoms with Gasteiger partial charge in [0.05, 0.1) is 37.1 Å². The van der Waals surface area contributed by atoms with Crippen molar-refractivity contribution in [2.75, 3.05) is 33.4 Å². The van der Waals surface area contributed by atoms with Crippen molar-refractivity contribution in [3.05, 3.63) is 71.8 Å². The molecular formula is C30H35N3O3. The van der Waals surface area contributed by atoms with E-state index in [1.165, 1.54) is 7.11 Å². The molecule has 6 nitrogen and oxygen atoms in total. The number of methoxy groups -OCH3 is 1. The van der Waals surface area contributed by atoms with Gasteiger partial charge in [-0.25, -0.2) is 4.99 Å². The van der Waals surface area contributed by atoms with Crippen LogP contribution in [0.2, 0.25) is 0 Å². The molecule has 1 saturated carbocycles. The second kappa shape index (κ2) is 10.8. The highest BCUT2D eigenvalue weighted by Crippen LogP contribution is 2.45. The predicted octanol–water partition coefficient (Wildman–Crippen LogP) is 5.56. The summed E-state index contributed by atoms with van der Waals surface area (Å²) in [7, 11) is 1.48. The van der Waals surface area contributed by atoms with Crippen LogP contribution in [0.25, 0.3) is 5.70 Å². The van der Waals surface area contributed by atoms with Crippen LogP contribution in [0.5, 0.6) is 0 Å². The minimum atomic E-state index is -0.489. The van der Waals surface area contributed by atoms with E-state index in [1.54, 1.807) is 0 Å². The molecule has 2 heterocycles. The molecule has 0 bridgehead atoms. The Labute approximate surface area is 213 Å². The Bertz CT molecular complexity index is 1160. The number of rotatable bonds is 5. The van der Waals surface area contributed by atoms with Crippen LogP contribution in [-0.4, -0.2) is 55.8 Å². The first-order valence-electron chi connectivity index (χ1n) is 13.1. The second-order valence-electron chi connectivity index (χ2n) is 9.85. The number of aliphatic imine (C=N–C) groups is 2. The van der Waals surface area contributed by atoms with Crippen molar-refractivity contribution in [2.45, 2.75) is 44.4 Å². The largest absolute Gasteiger partial charge is 0.468 e. The van der Waals surface area contributed by atoms with Crippen molar-refractivity contribution in [1.29, 1.82) is 0 Å². The van der Waals surface area contributed by atoms with Gasteiger partial charge in [-0.1, -0.05) is 55.8 Å². The van der Waals surface area contributed by atoms with Gasteiger partial charge in [-0.05, 0) is 49.5 Å². The van der Waals surface area contributed by atoms with E-state index in [1.807, 2.05) is 30.3 Å². The number of carbonyl (C=O) groups is 1. The molecule has 1 atom stereocenters. The number of hydrogen-bond donors (Lipinski definition) is 0. The van der Waals surface area contributed by atoms with Gasteiger partial charge in [0.2, 0.25) is 0 Å². The Kier molecular flexibility index (Phi) is 7.33. The number of carbonyl (C=O) groups excluding carboxylic acids is 1. The van der Waals surface area contributed by atoms with Crippen molar-refractivity contribution < 1.29 is 14.3 Å². The summed E-state index contributed by atoms with van der Waals surface area (Å²) in [6, 6.07) is 18.5. The van der Waals surface area contributed by atoms with E-state index in [-0.39, 0.29) is 11.9 Å². The lowest BCUT2D eigenvalue weighted by Crippen LogP contribution is -2.44. The van der Waals surface area contributed by atoms with E-state index >= 15 is 0 Å². The molecule has 1 saturated heterocycles. The van der Waals surface area contributed by atoms with Crippen LogP contribution >= 0.6 is 0 Å². The summed E-state index contributed by atoms with van der Waals surface area (Å²) >= 11 is 0. The lowest BCUT2D eigenvalue weighted by atomic mass is 9.64. The predicted molar refractivity (Wildman–Crippen MR) is 144 cm³/mol. The lowest BCUT2D eigenvalue weighted by Gasteiger charge is -2.39. The van der Waals surface area contributed by atoms with Crippen LogP contribution in [0.1, 0.15) is 50.2 Å².